The van der Waals surface area contributed by atoms with Crippen molar-refractivity contribution >= 4 is 11.9 Å². The van der Waals surface area contributed by atoms with Gasteiger partial charge in [-0.1, -0.05) is 25.5 Å². The van der Waals surface area contributed by atoms with Crippen LogP contribution < -0.4 is 0 Å². The van der Waals surface area contributed by atoms with Gasteiger partial charge in [-0.15, -0.1) is 0 Å². The Labute approximate surface area is 112 Å². The number of amides is 1. The summed E-state index contributed by atoms with van der Waals surface area (Å²) in [7, 11) is 1.36. The molecule has 0 N–H and O–H groups in total. The number of ether oxygens (including phenoxy) is 2. The van der Waals surface area contributed by atoms with Crippen molar-refractivity contribution in [3.8, 4) is 0 Å². The molecule has 2 bridgehead atoms. The first-order chi connectivity index (χ1) is 9.13. The summed E-state index contributed by atoms with van der Waals surface area (Å²) in [4.78, 5) is 26.2. The molecule has 2 fully saturated rings. The van der Waals surface area contributed by atoms with Crippen LogP contribution in [0.3, 0.4) is 0 Å². The summed E-state index contributed by atoms with van der Waals surface area (Å²) in [6.45, 7) is 3.40. The Morgan fingerprint density at radius 2 is 2.42 bits per heavy atom. The van der Waals surface area contributed by atoms with Gasteiger partial charge < -0.3 is 14.4 Å². The fraction of sp³-hybridized carbons (Fsp3) is 0.714. The lowest BCUT2D eigenvalue weighted by Crippen LogP contribution is -2.39. The van der Waals surface area contributed by atoms with E-state index in [0.29, 0.717) is 6.54 Å². The number of hydrogen-bond donors (Lipinski definition) is 0. The van der Waals surface area contributed by atoms with E-state index >= 15 is 0 Å². The maximum atomic E-state index is 12.5. The molecule has 0 aromatic heterocycles. The number of carbonyl (C=O) groups excluding carboxylic acids is 2. The van der Waals surface area contributed by atoms with E-state index in [4.69, 9.17) is 9.47 Å². The molecule has 5 heteroatoms. The highest BCUT2D eigenvalue weighted by Crippen LogP contribution is 2.52. The minimum Gasteiger partial charge on any atom is -0.469 e. The van der Waals surface area contributed by atoms with Gasteiger partial charge in [0.25, 0.3) is 0 Å². The molecule has 3 rings (SSSR count). The van der Waals surface area contributed by atoms with Gasteiger partial charge in [-0.05, 0) is 6.42 Å². The van der Waals surface area contributed by atoms with Gasteiger partial charge >= 0.3 is 5.97 Å². The highest BCUT2D eigenvalue weighted by Gasteiger charge is 2.67. The van der Waals surface area contributed by atoms with Gasteiger partial charge in [-0.3, -0.25) is 9.59 Å². The van der Waals surface area contributed by atoms with E-state index in [9.17, 15) is 9.59 Å². The second-order valence-corrected chi connectivity index (χ2v) is 5.54. The molecule has 1 amide bonds. The number of likely N-dealkylation sites (tertiary alicyclic amines) is 1. The van der Waals surface area contributed by atoms with Crippen molar-refractivity contribution < 1.29 is 19.1 Å². The zero-order valence-electron chi connectivity index (χ0n) is 11.3. The smallest absolute Gasteiger partial charge is 0.312 e. The Morgan fingerprint density at radius 3 is 3.11 bits per heavy atom. The van der Waals surface area contributed by atoms with E-state index in [1.54, 1.807) is 0 Å². The van der Waals surface area contributed by atoms with Crippen molar-refractivity contribution in [2.45, 2.75) is 31.5 Å². The number of rotatable bonds is 4. The van der Waals surface area contributed by atoms with E-state index in [2.05, 4.69) is 6.92 Å². The van der Waals surface area contributed by atoms with Crippen LogP contribution in [0, 0.1) is 11.8 Å². The molecule has 3 heterocycles. The average Bonchev–Trinajstić information content (AvgIpc) is 3.04. The number of carbonyl (C=O) groups is 2. The Bertz CT molecular complexity index is 447. The molecule has 3 aliphatic heterocycles. The SMILES string of the molecule is CCCCN1C[C@]23C=C[C@@H](O2)[C@H](C(=O)OC)[C@@H]3C1=O. The molecule has 0 aromatic rings. The lowest BCUT2D eigenvalue weighted by atomic mass is 9.77. The predicted octanol–water partition coefficient (Wildman–Crippen LogP) is 0.741. The van der Waals surface area contributed by atoms with Crippen LogP contribution in [-0.2, 0) is 19.1 Å². The Balaban J connectivity index is 1.86. The van der Waals surface area contributed by atoms with E-state index < -0.39 is 17.4 Å². The first-order valence-corrected chi connectivity index (χ1v) is 6.87. The molecular weight excluding hydrogens is 246 g/mol. The maximum Gasteiger partial charge on any atom is 0.312 e. The fourth-order valence-corrected chi connectivity index (χ4v) is 3.52. The molecule has 0 unspecified atom stereocenters. The Morgan fingerprint density at radius 1 is 1.63 bits per heavy atom. The second-order valence-electron chi connectivity index (χ2n) is 5.54. The van der Waals surface area contributed by atoms with Gasteiger partial charge in [0.1, 0.15) is 11.5 Å². The van der Waals surface area contributed by atoms with Crippen LogP contribution in [0.15, 0.2) is 12.2 Å². The maximum absolute atomic E-state index is 12.5. The number of nitrogens with zero attached hydrogens (tertiary/aromatic N) is 1. The Kier molecular flexibility index (Phi) is 2.89. The summed E-state index contributed by atoms with van der Waals surface area (Å²) in [5, 5.41) is 0. The van der Waals surface area contributed by atoms with Crippen LogP contribution in [0.1, 0.15) is 19.8 Å². The van der Waals surface area contributed by atoms with Crippen molar-refractivity contribution in [3.05, 3.63) is 12.2 Å². The van der Waals surface area contributed by atoms with Crippen molar-refractivity contribution in [3.63, 3.8) is 0 Å². The third-order valence-electron chi connectivity index (χ3n) is 4.43. The Hall–Kier alpha value is -1.36. The monoisotopic (exact) mass is 265 g/mol. The summed E-state index contributed by atoms with van der Waals surface area (Å²) in [6.07, 6.45) is 5.58. The number of methoxy groups -OCH3 is 1. The number of fused-ring (bicyclic) bond motifs is 1. The molecule has 104 valence electrons. The molecule has 0 radical (unpaired) electrons. The lowest BCUT2D eigenvalue weighted by molar-refractivity contribution is -0.151. The highest BCUT2D eigenvalue weighted by molar-refractivity contribution is 5.91. The standard InChI is InChI=1S/C14H19NO4/c1-3-4-7-15-8-14-6-5-9(19-14)10(13(17)18-2)11(14)12(15)16/h5-6,9-11H,3-4,7-8H2,1-2H3/t9-,10+,11-,14+/m1/s1. The lowest BCUT2D eigenvalue weighted by Gasteiger charge is -2.22. The van der Waals surface area contributed by atoms with Crippen LogP contribution in [-0.4, -0.2) is 48.7 Å². The minimum atomic E-state index is -0.589. The molecule has 1 spiro atoms. The third-order valence-corrected chi connectivity index (χ3v) is 4.43. The van der Waals surface area contributed by atoms with Crippen LogP contribution in [0.4, 0.5) is 0 Å². The van der Waals surface area contributed by atoms with Crippen molar-refractivity contribution in [2.75, 3.05) is 20.2 Å². The molecule has 5 nitrogen and oxygen atoms in total. The average molecular weight is 265 g/mol. The molecular formula is C14H19NO4. The summed E-state index contributed by atoms with van der Waals surface area (Å²) in [5.74, 6) is -1.18. The van der Waals surface area contributed by atoms with Crippen LogP contribution >= 0.6 is 0 Å². The van der Waals surface area contributed by atoms with Crippen LogP contribution in [0.25, 0.3) is 0 Å². The predicted molar refractivity (Wildman–Crippen MR) is 67.2 cm³/mol. The normalized spacial score (nSPS) is 38.9. The van der Waals surface area contributed by atoms with Crippen molar-refractivity contribution in [1.82, 2.24) is 4.90 Å². The first-order valence-electron chi connectivity index (χ1n) is 6.87. The summed E-state index contributed by atoms with van der Waals surface area (Å²) < 4.78 is 10.8. The van der Waals surface area contributed by atoms with Gasteiger partial charge in [0, 0.05) is 6.54 Å². The van der Waals surface area contributed by atoms with Crippen molar-refractivity contribution in [1.29, 1.82) is 0 Å². The van der Waals surface area contributed by atoms with Gasteiger partial charge in [0.15, 0.2) is 0 Å². The molecule has 0 aromatic carbocycles. The first kappa shape index (κ1) is 12.7. The van der Waals surface area contributed by atoms with Gasteiger partial charge in [-0.2, -0.15) is 0 Å². The zero-order valence-corrected chi connectivity index (χ0v) is 11.3. The summed E-state index contributed by atoms with van der Waals surface area (Å²) in [5.41, 5.74) is -0.589. The highest BCUT2D eigenvalue weighted by atomic mass is 16.5. The topological polar surface area (TPSA) is 55.8 Å². The number of hydrogen-bond acceptors (Lipinski definition) is 4. The minimum absolute atomic E-state index is 0.0377. The van der Waals surface area contributed by atoms with E-state index in [-0.39, 0.29) is 18.0 Å². The molecule has 19 heavy (non-hydrogen) atoms. The molecule has 3 aliphatic rings. The fourth-order valence-electron chi connectivity index (χ4n) is 3.52. The molecule has 0 saturated carbocycles. The van der Waals surface area contributed by atoms with E-state index in [1.807, 2.05) is 17.1 Å². The van der Waals surface area contributed by atoms with Gasteiger partial charge in [-0.25, -0.2) is 0 Å². The van der Waals surface area contributed by atoms with Gasteiger partial charge in [0.05, 0.1) is 25.7 Å². The second kappa shape index (κ2) is 4.34. The molecule has 4 atom stereocenters. The third kappa shape index (κ3) is 1.64. The zero-order chi connectivity index (χ0) is 13.6. The summed E-state index contributed by atoms with van der Waals surface area (Å²) in [6, 6.07) is 0. The number of unbranched alkanes of at least 4 members (excludes halogenated alkanes) is 1. The van der Waals surface area contributed by atoms with Gasteiger partial charge in [0.2, 0.25) is 5.91 Å². The largest absolute Gasteiger partial charge is 0.469 e. The molecule has 0 aliphatic carbocycles. The number of esters is 1. The van der Waals surface area contributed by atoms with Crippen LogP contribution in [0.5, 0.6) is 0 Å². The van der Waals surface area contributed by atoms with Crippen molar-refractivity contribution in [2.24, 2.45) is 11.8 Å². The van der Waals surface area contributed by atoms with Crippen LogP contribution in [0.2, 0.25) is 0 Å². The summed E-state index contributed by atoms with van der Waals surface area (Å²) >= 11 is 0. The van der Waals surface area contributed by atoms with E-state index in [1.165, 1.54) is 7.11 Å². The van der Waals surface area contributed by atoms with E-state index in [0.717, 1.165) is 19.4 Å². The quantitative estimate of drug-likeness (QED) is 0.556. The molecule has 2 saturated heterocycles.